The number of halogens is 4. The Hall–Kier alpha value is -1.77. The van der Waals surface area contributed by atoms with Gasteiger partial charge in [0.05, 0.1) is 11.5 Å². The molecule has 0 amide bonds. The van der Waals surface area contributed by atoms with Crippen LogP contribution in [0.25, 0.3) is 6.08 Å². The molecule has 2 atom stereocenters. The summed E-state index contributed by atoms with van der Waals surface area (Å²) in [6.07, 6.45) is -0.0216. The molecule has 148 valence electrons. The van der Waals surface area contributed by atoms with Gasteiger partial charge in [-0.25, -0.2) is 29.6 Å². The summed E-state index contributed by atoms with van der Waals surface area (Å²) in [4.78, 5) is -1.21. The molecule has 0 aliphatic heterocycles. The lowest BCUT2D eigenvalue weighted by atomic mass is 9.92. The monoisotopic (exact) mass is 403 g/mol. The van der Waals surface area contributed by atoms with Crippen molar-refractivity contribution in [2.24, 2.45) is 0 Å². The topological polar surface area (TPSA) is 41.5 Å². The molecule has 0 radical (unpaired) electrons. The molecule has 2 rings (SSSR count). The highest BCUT2D eigenvalue weighted by molar-refractivity contribution is 7.97. The van der Waals surface area contributed by atoms with Crippen molar-refractivity contribution in [2.45, 2.75) is 31.5 Å². The van der Waals surface area contributed by atoms with E-state index >= 15 is 0 Å². The fourth-order valence-corrected chi connectivity index (χ4v) is 2.83. The highest BCUT2D eigenvalue weighted by Gasteiger charge is 2.49. The Balaban J connectivity index is 1.82. The quantitative estimate of drug-likeness (QED) is 0.296. The molecule has 0 saturated heterocycles. The standard InChI is InChI=1S/C19H20F4O3S/c1-3-12-6-8-13(9-7-12)25-10-4-5-11-26-19(2)17(22)14(20)16(27-24)15(21)18(19)23/h3,6-9,17,24H,1,4-5,10-11H2,2H3/p-1. The predicted octanol–water partition coefficient (Wildman–Crippen LogP) is 5.81. The minimum absolute atomic E-state index is 0.135. The second kappa shape index (κ2) is 9.43. The van der Waals surface area contributed by atoms with E-state index < -0.39 is 46.2 Å². The first-order valence-electron chi connectivity index (χ1n) is 8.24. The Labute approximate surface area is 159 Å². The minimum atomic E-state index is -2.59. The molecule has 0 aromatic heterocycles. The maximum Gasteiger partial charge on any atom is 0.188 e. The number of benzene rings is 1. The van der Waals surface area contributed by atoms with Crippen molar-refractivity contribution in [1.82, 2.24) is 0 Å². The maximum atomic E-state index is 14.2. The van der Waals surface area contributed by atoms with E-state index in [1.807, 2.05) is 12.1 Å². The van der Waals surface area contributed by atoms with E-state index in [1.54, 1.807) is 18.2 Å². The minimum Gasteiger partial charge on any atom is -0.795 e. The third-order valence-corrected chi connectivity index (χ3v) is 4.70. The van der Waals surface area contributed by atoms with Gasteiger partial charge in [-0.3, -0.25) is 0 Å². The smallest absolute Gasteiger partial charge is 0.188 e. The van der Waals surface area contributed by atoms with E-state index in [4.69, 9.17) is 9.47 Å². The van der Waals surface area contributed by atoms with Crippen LogP contribution in [0.1, 0.15) is 25.3 Å². The Morgan fingerprint density at radius 3 is 2.41 bits per heavy atom. The number of rotatable bonds is 9. The van der Waals surface area contributed by atoms with E-state index in [1.165, 1.54) is 0 Å². The zero-order chi connectivity index (χ0) is 20.0. The molecular weight excluding hydrogens is 384 g/mol. The van der Waals surface area contributed by atoms with Gasteiger partial charge < -0.3 is 14.0 Å². The van der Waals surface area contributed by atoms with Crippen LogP contribution in [-0.4, -0.2) is 29.5 Å². The summed E-state index contributed by atoms with van der Waals surface area (Å²) < 4.78 is 77.0. The molecule has 0 spiro atoms. The lowest BCUT2D eigenvalue weighted by Crippen LogP contribution is -2.44. The van der Waals surface area contributed by atoms with Gasteiger partial charge in [-0.1, -0.05) is 24.8 Å². The third kappa shape index (κ3) is 4.75. The van der Waals surface area contributed by atoms with Crippen molar-refractivity contribution in [3.63, 3.8) is 0 Å². The summed E-state index contributed by atoms with van der Waals surface area (Å²) in [5.41, 5.74) is -1.48. The van der Waals surface area contributed by atoms with Gasteiger partial charge in [0.2, 0.25) is 0 Å². The predicted molar refractivity (Wildman–Crippen MR) is 96.3 cm³/mol. The second-order valence-corrected chi connectivity index (χ2v) is 6.61. The van der Waals surface area contributed by atoms with E-state index in [9.17, 15) is 22.1 Å². The molecular formula is C19H19F4O3S-. The molecule has 27 heavy (non-hydrogen) atoms. The van der Waals surface area contributed by atoms with Gasteiger partial charge in [0.15, 0.2) is 29.3 Å². The number of unbranched alkanes of at least 4 members (excludes halogenated alkanes) is 1. The van der Waals surface area contributed by atoms with Gasteiger partial charge in [0.25, 0.3) is 0 Å². The first-order valence-corrected chi connectivity index (χ1v) is 8.98. The normalized spacial score (nSPS) is 23.0. The molecule has 1 aliphatic carbocycles. The van der Waals surface area contributed by atoms with Crippen LogP contribution >= 0.6 is 12.0 Å². The van der Waals surface area contributed by atoms with Crippen LogP contribution in [0.2, 0.25) is 0 Å². The summed E-state index contributed by atoms with van der Waals surface area (Å²) >= 11 is -0.630. The van der Waals surface area contributed by atoms with Crippen molar-refractivity contribution in [2.75, 3.05) is 13.2 Å². The van der Waals surface area contributed by atoms with Gasteiger partial charge in [0.1, 0.15) is 5.75 Å². The Morgan fingerprint density at radius 2 is 1.81 bits per heavy atom. The van der Waals surface area contributed by atoms with Crippen LogP contribution in [0.5, 0.6) is 5.75 Å². The Bertz CT molecular complexity index is 733. The molecule has 8 heteroatoms. The van der Waals surface area contributed by atoms with E-state index in [0.717, 1.165) is 12.5 Å². The van der Waals surface area contributed by atoms with Crippen LogP contribution in [-0.2, 0) is 4.74 Å². The molecule has 3 nitrogen and oxygen atoms in total. The summed E-state index contributed by atoms with van der Waals surface area (Å²) in [6, 6.07) is 7.26. The van der Waals surface area contributed by atoms with Crippen LogP contribution in [0.3, 0.4) is 0 Å². The fraction of sp³-hybridized carbons (Fsp3) is 0.368. The molecule has 1 aromatic carbocycles. The van der Waals surface area contributed by atoms with Crippen molar-refractivity contribution in [1.29, 1.82) is 0 Å². The summed E-state index contributed by atoms with van der Waals surface area (Å²) in [6.45, 7) is 4.77. The maximum absolute atomic E-state index is 14.2. The fourth-order valence-electron chi connectivity index (χ4n) is 2.48. The summed E-state index contributed by atoms with van der Waals surface area (Å²) in [5, 5.41) is 0. The van der Waals surface area contributed by atoms with Crippen molar-refractivity contribution < 1.29 is 31.6 Å². The second-order valence-electron chi connectivity index (χ2n) is 6.04. The molecule has 0 N–H and O–H groups in total. The van der Waals surface area contributed by atoms with E-state index in [-0.39, 0.29) is 6.61 Å². The molecule has 0 saturated carbocycles. The largest absolute Gasteiger partial charge is 0.795 e. The van der Waals surface area contributed by atoms with Crippen molar-refractivity contribution in [3.05, 3.63) is 58.8 Å². The first kappa shape index (κ1) is 21.5. The Kier molecular flexibility index (Phi) is 7.52. The lowest BCUT2D eigenvalue weighted by Gasteiger charge is -2.35. The van der Waals surface area contributed by atoms with Crippen LogP contribution in [0.15, 0.2) is 53.2 Å². The average Bonchev–Trinajstić information content (AvgIpc) is 2.69. The van der Waals surface area contributed by atoms with E-state index in [0.29, 0.717) is 25.2 Å². The van der Waals surface area contributed by atoms with Crippen LogP contribution in [0, 0.1) is 0 Å². The highest BCUT2D eigenvalue weighted by atomic mass is 32.2. The summed E-state index contributed by atoms with van der Waals surface area (Å²) in [7, 11) is 0. The SMILES string of the molecule is C=Cc1ccc(OCCCCOC2(C)C(F)=C(F)C(S[O-])=C(F)C2F)cc1. The molecule has 0 fully saturated rings. The van der Waals surface area contributed by atoms with Gasteiger partial charge in [0, 0.05) is 6.61 Å². The number of ether oxygens (including phenoxy) is 2. The van der Waals surface area contributed by atoms with Gasteiger partial charge in [-0.15, -0.1) is 0 Å². The zero-order valence-electron chi connectivity index (χ0n) is 14.6. The molecule has 1 aromatic rings. The van der Waals surface area contributed by atoms with Gasteiger partial charge in [-0.2, -0.15) is 0 Å². The number of hydrogen-bond donors (Lipinski definition) is 0. The number of allylic oxidation sites excluding steroid dienone is 1. The highest BCUT2D eigenvalue weighted by Crippen LogP contribution is 2.46. The molecule has 1 aliphatic rings. The zero-order valence-corrected chi connectivity index (χ0v) is 15.5. The van der Waals surface area contributed by atoms with Crippen LogP contribution in [0.4, 0.5) is 17.6 Å². The third-order valence-electron chi connectivity index (χ3n) is 4.16. The molecule has 0 bridgehead atoms. The van der Waals surface area contributed by atoms with Gasteiger partial charge >= 0.3 is 0 Å². The Morgan fingerprint density at radius 1 is 1.19 bits per heavy atom. The van der Waals surface area contributed by atoms with Crippen molar-refractivity contribution in [3.8, 4) is 5.75 Å². The molecule has 2 unspecified atom stereocenters. The van der Waals surface area contributed by atoms with Crippen molar-refractivity contribution >= 4 is 18.1 Å². The summed E-state index contributed by atoms with van der Waals surface area (Å²) in [5.74, 6) is -4.32. The molecule has 0 heterocycles. The lowest BCUT2D eigenvalue weighted by molar-refractivity contribution is -0.0708. The number of hydrogen-bond acceptors (Lipinski definition) is 4. The number of alkyl halides is 1. The van der Waals surface area contributed by atoms with E-state index in [2.05, 4.69) is 6.58 Å². The average molecular weight is 403 g/mol. The van der Waals surface area contributed by atoms with Gasteiger partial charge in [-0.05, 0) is 37.5 Å². The first-order chi connectivity index (χ1) is 12.8. The van der Waals surface area contributed by atoms with Crippen LogP contribution < -0.4 is 4.74 Å².